The van der Waals surface area contributed by atoms with Gasteiger partial charge in [-0.15, -0.1) is 0 Å². The summed E-state index contributed by atoms with van der Waals surface area (Å²) in [6.45, 7) is 50.8. The first-order valence-electron chi connectivity index (χ1n) is 32.6. The lowest BCUT2D eigenvalue weighted by Crippen LogP contribution is -2.69. The number of anilines is 1. The molecule has 2 aromatic rings. The number of ether oxygens (including phenoxy) is 1. The van der Waals surface area contributed by atoms with E-state index in [1.165, 1.54) is 57.5 Å². The van der Waals surface area contributed by atoms with Gasteiger partial charge in [0, 0.05) is 150 Å². The summed E-state index contributed by atoms with van der Waals surface area (Å²) in [6.07, 6.45) is 18.8. The number of amides is 2. The molecule has 13 nitrogen and oxygen atoms in total. The van der Waals surface area contributed by atoms with Gasteiger partial charge in [0.05, 0.1) is 24.6 Å². The van der Waals surface area contributed by atoms with Gasteiger partial charge in [0.15, 0.2) is 0 Å². The number of piperidine rings is 1. The Morgan fingerprint density at radius 2 is 1.63 bits per heavy atom. The van der Waals surface area contributed by atoms with Crippen molar-refractivity contribution < 1.29 is 14.3 Å². The Labute approximate surface area is 497 Å². The molecule has 6 heterocycles. The Morgan fingerprint density at radius 1 is 0.927 bits per heavy atom. The number of nitrogens with zero attached hydrogens (tertiary/aromatic N) is 8. The van der Waals surface area contributed by atoms with Crippen LogP contribution < -0.4 is 16.0 Å². The normalized spacial score (nSPS) is 23.8. The summed E-state index contributed by atoms with van der Waals surface area (Å²) >= 11 is 0. The molecular formula is C69H112N10O3. The number of nitrogens with two attached hydrogens (primary N) is 1. The van der Waals surface area contributed by atoms with Gasteiger partial charge in [-0.25, -0.2) is 0 Å². The van der Waals surface area contributed by atoms with Crippen molar-refractivity contribution in [2.75, 3.05) is 97.1 Å². The molecule has 1 aromatic heterocycles. The maximum Gasteiger partial charge on any atom is 0.246 e. The van der Waals surface area contributed by atoms with E-state index in [4.69, 9.17) is 17.0 Å². The number of hydrogen-bond acceptors (Lipinski definition) is 10. The maximum absolute atomic E-state index is 15.6. The zero-order valence-corrected chi connectivity index (χ0v) is 53.5. The second-order valence-corrected chi connectivity index (χ2v) is 27.2. The van der Waals surface area contributed by atoms with Crippen molar-refractivity contribution in [3.05, 3.63) is 84.6 Å². The first-order valence-corrected chi connectivity index (χ1v) is 32.6. The van der Waals surface area contributed by atoms with Crippen molar-refractivity contribution in [2.24, 2.45) is 34.3 Å². The molecule has 5 aliphatic heterocycles. The van der Waals surface area contributed by atoms with Crippen LogP contribution in [0.4, 0.5) is 5.69 Å². The second-order valence-electron chi connectivity index (χ2n) is 27.2. The molecule has 0 radical (unpaired) electrons. The van der Waals surface area contributed by atoms with Crippen LogP contribution in [0.15, 0.2) is 73.3 Å². The average molecular weight is 1130 g/mol. The SMILES string of the molecule is C=COCC(C)(C)Cc1c(C(/C=C(\C=C)N2CCN(C3CC3)CC2)=C(/C)C(C)CC)n(CC)c2ccc(N3CCCC(C(C(NC(=C)C(C(C)C)N4CCC5C4CCN5C(C)=O)C(=O)N(C)CCCCN)N4CC(CC)(CC)C4)C3)cc12. The monoisotopic (exact) mass is 1130 g/mol. The highest BCUT2D eigenvalue weighted by Crippen LogP contribution is 2.45. The maximum atomic E-state index is 15.6. The van der Waals surface area contributed by atoms with Crippen molar-refractivity contribution in [3.8, 4) is 0 Å². The van der Waals surface area contributed by atoms with Crippen LogP contribution in [-0.4, -0.2) is 174 Å². The number of hydrogen-bond donors (Lipinski definition) is 2. The first-order chi connectivity index (χ1) is 39.3. The van der Waals surface area contributed by atoms with Crippen LogP contribution >= 0.6 is 0 Å². The van der Waals surface area contributed by atoms with E-state index in [0.29, 0.717) is 25.6 Å². The number of fused-ring (bicyclic) bond motifs is 2. The van der Waals surface area contributed by atoms with Crippen LogP contribution in [-0.2, 0) is 27.3 Å². The van der Waals surface area contributed by atoms with Gasteiger partial charge in [-0.3, -0.25) is 24.3 Å². The second kappa shape index (κ2) is 27.6. The fourth-order valence-corrected chi connectivity index (χ4v) is 15.6. The minimum Gasteiger partial charge on any atom is -0.501 e. The minimum absolute atomic E-state index is 0.0189. The van der Waals surface area contributed by atoms with Gasteiger partial charge in [-0.1, -0.05) is 80.7 Å². The largest absolute Gasteiger partial charge is 0.501 e. The number of benzene rings is 1. The van der Waals surface area contributed by atoms with Crippen LogP contribution in [0.5, 0.6) is 0 Å². The predicted octanol–water partition coefficient (Wildman–Crippen LogP) is 11.2. The molecule has 2 amide bonds. The number of aromatic nitrogens is 1. The molecule has 6 aliphatic rings. The highest BCUT2D eigenvalue weighted by Gasteiger charge is 2.52. The molecule has 7 atom stereocenters. The highest BCUT2D eigenvalue weighted by molar-refractivity contribution is 5.95. The molecule has 0 spiro atoms. The van der Waals surface area contributed by atoms with Gasteiger partial charge in [-0.05, 0) is 162 Å². The van der Waals surface area contributed by atoms with E-state index in [-0.39, 0.29) is 58.6 Å². The number of nitrogens with one attached hydrogen (secondary N) is 1. The fourth-order valence-electron chi connectivity index (χ4n) is 15.6. The number of aryl methyl sites for hydroxylation is 1. The molecule has 1 saturated carbocycles. The number of likely N-dealkylation sites (N-methyl/N-ethyl adjacent to an activating group) is 1. The number of carbonyl (C=O) groups is 2. The lowest BCUT2D eigenvalue weighted by atomic mass is 9.71. The van der Waals surface area contributed by atoms with Crippen LogP contribution in [0, 0.1) is 28.6 Å². The fraction of sp³-hybridized carbons (Fsp3) is 0.710. The molecule has 82 heavy (non-hydrogen) atoms. The molecule has 1 aromatic carbocycles. The summed E-state index contributed by atoms with van der Waals surface area (Å²) in [6, 6.07) is 8.10. The molecule has 3 N–H and O–H groups in total. The van der Waals surface area contributed by atoms with Gasteiger partial charge < -0.3 is 40.0 Å². The topological polar surface area (TPSA) is 109 Å². The Hall–Kier alpha value is -4.56. The summed E-state index contributed by atoms with van der Waals surface area (Å²) in [4.78, 5) is 45.8. The summed E-state index contributed by atoms with van der Waals surface area (Å²) in [7, 11) is 2.00. The Bertz CT molecular complexity index is 2590. The van der Waals surface area contributed by atoms with Crippen LogP contribution in [0.3, 0.4) is 0 Å². The number of allylic oxidation sites excluding steroid dienone is 4. The smallest absolute Gasteiger partial charge is 0.246 e. The van der Waals surface area contributed by atoms with E-state index in [1.54, 1.807) is 13.2 Å². The molecule has 8 rings (SSSR count). The third-order valence-corrected chi connectivity index (χ3v) is 20.9. The summed E-state index contributed by atoms with van der Waals surface area (Å²) in [5, 5.41) is 5.36. The lowest BCUT2D eigenvalue weighted by Gasteiger charge is -2.57. The lowest BCUT2D eigenvalue weighted by molar-refractivity contribution is -0.138. The van der Waals surface area contributed by atoms with Crippen LogP contribution in [0.1, 0.15) is 158 Å². The summed E-state index contributed by atoms with van der Waals surface area (Å²) in [5.41, 5.74) is 16.2. The van der Waals surface area contributed by atoms with Gasteiger partial charge >= 0.3 is 0 Å². The van der Waals surface area contributed by atoms with E-state index < -0.39 is 6.04 Å². The van der Waals surface area contributed by atoms with Gasteiger partial charge in [0.1, 0.15) is 6.04 Å². The summed E-state index contributed by atoms with van der Waals surface area (Å²) < 4.78 is 8.64. The van der Waals surface area contributed by atoms with Gasteiger partial charge in [0.25, 0.3) is 0 Å². The van der Waals surface area contributed by atoms with Crippen molar-refractivity contribution in [1.82, 2.24) is 39.3 Å². The van der Waals surface area contributed by atoms with E-state index in [9.17, 15) is 4.79 Å². The Balaban J connectivity index is 1.20. The third kappa shape index (κ3) is 13.7. The number of rotatable bonds is 29. The number of piperazine rings is 1. The zero-order chi connectivity index (χ0) is 59.2. The highest BCUT2D eigenvalue weighted by atomic mass is 16.5. The number of unbranched alkanes of at least 4 members (excludes halogenated alkanes) is 1. The van der Waals surface area contributed by atoms with Crippen molar-refractivity contribution in [1.29, 1.82) is 0 Å². The summed E-state index contributed by atoms with van der Waals surface area (Å²) in [5.74, 6) is 1.17. The zero-order valence-electron chi connectivity index (χ0n) is 53.5. The molecular weight excluding hydrogens is 1020 g/mol. The number of carbonyl (C=O) groups excluding carboxylic acids is 2. The minimum atomic E-state index is -0.492. The van der Waals surface area contributed by atoms with E-state index in [0.717, 1.165) is 148 Å². The molecule has 6 fully saturated rings. The van der Waals surface area contributed by atoms with Crippen molar-refractivity contribution >= 4 is 34.0 Å². The van der Waals surface area contributed by atoms with E-state index >= 15 is 4.79 Å². The first kappa shape index (κ1) is 63.5. The Kier molecular flexibility index (Phi) is 21.4. The Morgan fingerprint density at radius 3 is 2.24 bits per heavy atom. The molecule has 1 aliphatic carbocycles. The van der Waals surface area contributed by atoms with E-state index in [2.05, 4.69) is 152 Å². The van der Waals surface area contributed by atoms with E-state index in [1.807, 2.05) is 11.9 Å². The van der Waals surface area contributed by atoms with Crippen LogP contribution in [0.2, 0.25) is 0 Å². The van der Waals surface area contributed by atoms with Crippen molar-refractivity contribution in [3.63, 3.8) is 0 Å². The molecule has 456 valence electrons. The number of likely N-dealkylation sites (tertiary alicyclic amines) is 3. The molecule has 0 bridgehead atoms. The molecule has 7 unspecified atom stereocenters. The standard InChI is InChI=1S/C69H112N10O3/c1-16-49(9)50(10)57(41-54(17-2)73-37-39-74(40-38-73)55-26-27-55)66-59(43-68(13,14)47-82-21-6)58-42-56(28-29-60(58)77(66)20-5)75-34-24-25-53(44-75)65(76-45-69(18-3,19-4)46-76)63(67(81)72(15)33-23-22-32-70)71-51(11)64(48(7)8)79-36-31-61-62(79)30-35-78(61)52(12)80/h17,21,28-29,41-42,48-49,53,55,61-65,71H,2,6,11,16,18-20,22-27,30-40,43-47,70H2,1,3-5,7-10,12-15H3/b54-41+,57-50-. The molecule has 5 saturated heterocycles. The molecule has 13 heteroatoms. The average Bonchev–Trinajstić information content (AvgIpc) is 3.94. The van der Waals surface area contributed by atoms with Crippen LogP contribution in [0.25, 0.3) is 16.5 Å². The third-order valence-electron chi connectivity index (χ3n) is 20.9. The van der Waals surface area contributed by atoms with Gasteiger partial charge in [0.2, 0.25) is 11.8 Å². The quantitative estimate of drug-likeness (QED) is 0.0464. The van der Waals surface area contributed by atoms with Crippen molar-refractivity contribution in [2.45, 2.75) is 196 Å². The predicted molar refractivity (Wildman–Crippen MR) is 343 cm³/mol. The van der Waals surface area contributed by atoms with Gasteiger partial charge in [-0.2, -0.15) is 0 Å².